The molecule has 156 valence electrons. The molecule has 1 atom stereocenters. The van der Waals surface area contributed by atoms with Crippen molar-refractivity contribution in [1.29, 1.82) is 0 Å². The van der Waals surface area contributed by atoms with Gasteiger partial charge in [-0.05, 0) is 44.7 Å². The molecule has 5 nitrogen and oxygen atoms in total. The van der Waals surface area contributed by atoms with Crippen molar-refractivity contribution in [1.82, 2.24) is 14.9 Å². The number of alkyl halides is 3. The summed E-state index contributed by atoms with van der Waals surface area (Å²) in [7, 11) is 0. The van der Waals surface area contributed by atoms with Crippen LogP contribution >= 0.6 is 11.3 Å². The largest absolute Gasteiger partial charge is 0.451 e. The maximum absolute atomic E-state index is 12.8. The summed E-state index contributed by atoms with van der Waals surface area (Å²) in [5.41, 5.74) is 1.90. The van der Waals surface area contributed by atoms with Gasteiger partial charge < -0.3 is 4.74 Å². The molecule has 2 aliphatic heterocycles. The second-order valence-electron chi connectivity index (χ2n) is 7.66. The molecule has 29 heavy (non-hydrogen) atoms. The molecule has 1 fully saturated rings. The summed E-state index contributed by atoms with van der Waals surface area (Å²) in [5.74, 6) is -1.10. The van der Waals surface area contributed by atoms with Crippen LogP contribution in [-0.4, -0.2) is 40.9 Å². The number of piperidine rings is 1. The lowest BCUT2D eigenvalue weighted by Gasteiger charge is -2.45. The molecule has 2 aromatic rings. The number of aromatic nitrogens is 2. The molecule has 2 aliphatic rings. The molecular formula is C20H22F3N3O2S. The summed E-state index contributed by atoms with van der Waals surface area (Å²) >= 11 is 1.51. The summed E-state index contributed by atoms with van der Waals surface area (Å²) in [6, 6.07) is 1.88. The fourth-order valence-corrected chi connectivity index (χ4v) is 5.59. The van der Waals surface area contributed by atoms with Crippen molar-refractivity contribution in [3.63, 3.8) is 0 Å². The molecule has 0 aromatic carbocycles. The first-order valence-corrected chi connectivity index (χ1v) is 10.4. The van der Waals surface area contributed by atoms with Gasteiger partial charge in [0.1, 0.15) is 5.60 Å². The van der Waals surface area contributed by atoms with E-state index < -0.39 is 12.0 Å². The molecule has 4 rings (SSSR count). The Labute approximate surface area is 170 Å². The second-order valence-corrected chi connectivity index (χ2v) is 8.74. The number of fused-ring (bicyclic) bond motifs is 2. The Hall–Kier alpha value is -1.84. The summed E-state index contributed by atoms with van der Waals surface area (Å²) in [4.78, 5) is 22.5. The van der Waals surface area contributed by atoms with E-state index in [1.54, 1.807) is 6.92 Å². The zero-order valence-electron chi connectivity index (χ0n) is 16.3. The van der Waals surface area contributed by atoms with E-state index in [9.17, 15) is 18.0 Å². The third-order valence-corrected chi connectivity index (χ3v) is 7.27. The Kier molecular flexibility index (Phi) is 5.25. The number of nitrogens with zero attached hydrogens (tertiary/aromatic N) is 3. The molecule has 0 N–H and O–H groups in total. The van der Waals surface area contributed by atoms with Crippen molar-refractivity contribution in [2.45, 2.75) is 50.9 Å². The Balaban J connectivity index is 1.51. The predicted molar refractivity (Wildman–Crippen MR) is 102 cm³/mol. The van der Waals surface area contributed by atoms with Gasteiger partial charge in [0, 0.05) is 41.5 Å². The molecule has 0 saturated carbocycles. The molecule has 4 heterocycles. The van der Waals surface area contributed by atoms with E-state index in [2.05, 4.69) is 14.9 Å². The van der Waals surface area contributed by atoms with Crippen LogP contribution in [0, 0.1) is 6.92 Å². The topological polar surface area (TPSA) is 55.3 Å². The van der Waals surface area contributed by atoms with Crippen molar-refractivity contribution in [2.24, 2.45) is 0 Å². The number of hydrogen-bond acceptors (Lipinski definition) is 6. The van der Waals surface area contributed by atoms with Gasteiger partial charge in [-0.3, -0.25) is 9.69 Å². The minimum absolute atomic E-state index is 0.0911. The molecule has 1 saturated heterocycles. The van der Waals surface area contributed by atoms with E-state index in [1.165, 1.54) is 23.1 Å². The first-order chi connectivity index (χ1) is 13.7. The lowest BCUT2D eigenvalue weighted by Crippen LogP contribution is -2.46. The smallest absolute Gasteiger partial charge is 0.369 e. The first kappa shape index (κ1) is 20.4. The highest BCUT2D eigenvalue weighted by atomic mass is 32.1. The van der Waals surface area contributed by atoms with Crippen LogP contribution in [0.3, 0.4) is 0 Å². The number of ether oxygens (including phenoxy) is 1. The number of likely N-dealkylation sites (tertiary alicyclic amines) is 1. The van der Waals surface area contributed by atoms with E-state index in [-0.39, 0.29) is 11.6 Å². The number of aryl methyl sites for hydroxylation is 1. The first-order valence-electron chi connectivity index (χ1n) is 9.60. The van der Waals surface area contributed by atoms with Gasteiger partial charge in [-0.2, -0.15) is 13.2 Å². The molecule has 0 bridgehead atoms. The molecule has 1 spiro atoms. The predicted octanol–water partition coefficient (Wildman–Crippen LogP) is 4.30. The number of aldehydes is 1. The summed E-state index contributed by atoms with van der Waals surface area (Å²) in [5, 5.41) is 0. The Morgan fingerprint density at radius 2 is 2.07 bits per heavy atom. The zero-order valence-corrected chi connectivity index (χ0v) is 17.1. The van der Waals surface area contributed by atoms with Crippen molar-refractivity contribution >= 4 is 17.6 Å². The van der Waals surface area contributed by atoms with Crippen molar-refractivity contribution < 1.29 is 22.7 Å². The van der Waals surface area contributed by atoms with E-state index in [0.717, 1.165) is 48.4 Å². The number of carbonyl (C=O) groups is 1. The van der Waals surface area contributed by atoms with Gasteiger partial charge in [-0.25, -0.2) is 9.97 Å². The number of carbonyl (C=O) groups excluding carboxylic acids is 1. The van der Waals surface area contributed by atoms with Crippen molar-refractivity contribution in [2.75, 3.05) is 19.7 Å². The highest BCUT2D eigenvalue weighted by molar-refractivity contribution is 7.14. The van der Waals surface area contributed by atoms with Gasteiger partial charge in [0.05, 0.1) is 11.5 Å². The number of hydrogen-bond donors (Lipinski definition) is 0. The van der Waals surface area contributed by atoms with E-state index in [1.807, 2.05) is 13.0 Å². The summed E-state index contributed by atoms with van der Waals surface area (Å²) in [6.07, 6.45) is 0.0322. The van der Waals surface area contributed by atoms with Gasteiger partial charge in [0.15, 0.2) is 6.29 Å². The van der Waals surface area contributed by atoms with Gasteiger partial charge in [-0.15, -0.1) is 11.3 Å². The fraction of sp³-hybridized carbons (Fsp3) is 0.550. The van der Waals surface area contributed by atoms with Crippen molar-refractivity contribution in [3.05, 3.63) is 44.7 Å². The summed E-state index contributed by atoms with van der Waals surface area (Å²) < 4.78 is 44.7. The maximum Gasteiger partial charge on any atom is 0.451 e. The lowest BCUT2D eigenvalue weighted by molar-refractivity contribution is -0.145. The molecule has 1 unspecified atom stereocenters. The number of thiophene rings is 1. The molecule has 2 aromatic heterocycles. The minimum Gasteiger partial charge on any atom is -0.369 e. The molecule has 0 amide bonds. The highest BCUT2D eigenvalue weighted by Crippen LogP contribution is 2.46. The molecule has 9 heteroatoms. The molecular weight excluding hydrogens is 403 g/mol. The Morgan fingerprint density at radius 3 is 2.69 bits per heavy atom. The quantitative estimate of drug-likeness (QED) is 0.687. The van der Waals surface area contributed by atoms with Crippen LogP contribution in [0.1, 0.15) is 63.0 Å². The van der Waals surface area contributed by atoms with Crippen LogP contribution in [0.15, 0.2) is 12.3 Å². The lowest BCUT2D eigenvalue weighted by atomic mass is 9.84. The highest BCUT2D eigenvalue weighted by Gasteiger charge is 2.43. The maximum atomic E-state index is 12.8. The van der Waals surface area contributed by atoms with Gasteiger partial charge in [0.2, 0.25) is 5.82 Å². The van der Waals surface area contributed by atoms with Gasteiger partial charge >= 0.3 is 6.18 Å². The third kappa shape index (κ3) is 3.71. The standard InChI is InChI=1S/C20H22F3N3O2S/c1-12-16(10-24-18(25-12)20(21,22)23)13(2)26-6-4-19(5-7-26)17-14(3-8-28-19)9-15(11-27)29-17/h9-11,13H,3-8H2,1-2H3. The fourth-order valence-electron chi connectivity index (χ4n) is 4.37. The van der Waals surface area contributed by atoms with Gasteiger partial charge in [-0.1, -0.05) is 0 Å². The van der Waals surface area contributed by atoms with Crippen LogP contribution in [0.2, 0.25) is 0 Å². The van der Waals surface area contributed by atoms with Crippen LogP contribution < -0.4 is 0 Å². The SMILES string of the molecule is Cc1nc(C(F)(F)F)ncc1C(C)N1CCC2(CC1)OCCc1cc(C=O)sc12. The van der Waals surface area contributed by atoms with E-state index >= 15 is 0 Å². The Bertz CT molecular complexity index is 920. The average Bonchev–Trinajstić information content (AvgIpc) is 3.12. The number of halogens is 3. The second kappa shape index (κ2) is 7.45. The molecule has 0 aliphatic carbocycles. The third-order valence-electron chi connectivity index (χ3n) is 5.98. The van der Waals surface area contributed by atoms with E-state index in [0.29, 0.717) is 17.9 Å². The monoisotopic (exact) mass is 425 g/mol. The minimum atomic E-state index is -4.54. The van der Waals surface area contributed by atoms with Gasteiger partial charge in [0.25, 0.3) is 0 Å². The average molecular weight is 425 g/mol. The molecule has 0 radical (unpaired) electrons. The summed E-state index contributed by atoms with van der Waals surface area (Å²) in [6.45, 7) is 5.70. The van der Waals surface area contributed by atoms with Crippen LogP contribution in [-0.2, 0) is 22.9 Å². The van der Waals surface area contributed by atoms with E-state index in [4.69, 9.17) is 4.74 Å². The zero-order chi connectivity index (χ0) is 20.8. The van der Waals surface area contributed by atoms with Crippen LogP contribution in [0.4, 0.5) is 13.2 Å². The van der Waals surface area contributed by atoms with Crippen LogP contribution in [0.25, 0.3) is 0 Å². The number of rotatable bonds is 3. The normalized spacial score (nSPS) is 20.4. The van der Waals surface area contributed by atoms with Crippen LogP contribution in [0.5, 0.6) is 0 Å². The van der Waals surface area contributed by atoms with Crippen molar-refractivity contribution in [3.8, 4) is 0 Å². The Morgan fingerprint density at radius 1 is 1.34 bits per heavy atom.